The first-order valence-corrected chi connectivity index (χ1v) is 9.49. The molecule has 26 heavy (non-hydrogen) atoms. The summed E-state index contributed by atoms with van der Waals surface area (Å²) in [6.07, 6.45) is 5.61. The molecule has 5 nitrogen and oxygen atoms in total. The molecular formula is C21H28N4O. The molecular weight excluding hydrogens is 324 g/mol. The molecule has 1 saturated heterocycles. The number of amides is 1. The lowest BCUT2D eigenvalue weighted by molar-refractivity contribution is -0.122. The molecule has 0 spiro atoms. The van der Waals surface area contributed by atoms with Crippen LogP contribution < -0.4 is 4.90 Å². The Morgan fingerprint density at radius 3 is 2.65 bits per heavy atom. The summed E-state index contributed by atoms with van der Waals surface area (Å²) in [5.41, 5.74) is 5.25. The van der Waals surface area contributed by atoms with Crippen LogP contribution in [-0.4, -0.2) is 39.7 Å². The Hall–Kier alpha value is -2.14. The summed E-state index contributed by atoms with van der Waals surface area (Å²) >= 11 is 0. The van der Waals surface area contributed by atoms with Crippen LogP contribution in [0, 0.1) is 0 Å². The lowest BCUT2D eigenvalue weighted by Crippen LogP contribution is -2.44. The second-order valence-corrected chi connectivity index (χ2v) is 8.62. The molecule has 1 atom stereocenters. The molecule has 2 aliphatic rings. The molecule has 4 rings (SSSR count). The number of hydrogen-bond acceptors (Lipinski definition) is 3. The van der Waals surface area contributed by atoms with Crippen molar-refractivity contribution in [3.8, 4) is 0 Å². The van der Waals surface area contributed by atoms with Crippen LogP contribution in [0.1, 0.15) is 43.9 Å². The summed E-state index contributed by atoms with van der Waals surface area (Å²) in [7, 11) is 1.88. The topological polar surface area (TPSA) is 41.4 Å². The smallest absolute Gasteiger partial charge is 0.244 e. The summed E-state index contributed by atoms with van der Waals surface area (Å²) in [6, 6.07) is 6.88. The highest BCUT2D eigenvalue weighted by Crippen LogP contribution is 2.31. The zero-order chi connectivity index (χ0) is 18.5. The van der Waals surface area contributed by atoms with Gasteiger partial charge >= 0.3 is 0 Å². The van der Waals surface area contributed by atoms with Gasteiger partial charge in [-0.3, -0.25) is 14.4 Å². The Kier molecular flexibility index (Phi) is 4.14. The molecule has 0 radical (unpaired) electrons. The summed E-state index contributed by atoms with van der Waals surface area (Å²) in [4.78, 5) is 17.3. The summed E-state index contributed by atoms with van der Waals surface area (Å²) in [5, 5.41) is 4.20. The Bertz CT molecular complexity index is 833. The second-order valence-electron chi connectivity index (χ2n) is 8.62. The van der Waals surface area contributed by atoms with Gasteiger partial charge in [0, 0.05) is 32.9 Å². The predicted octanol–water partition coefficient (Wildman–Crippen LogP) is 2.88. The first-order valence-electron chi connectivity index (χ1n) is 9.49. The van der Waals surface area contributed by atoms with E-state index in [2.05, 4.69) is 49.0 Å². The van der Waals surface area contributed by atoms with Gasteiger partial charge in [0.1, 0.15) is 0 Å². The molecule has 5 heteroatoms. The van der Waals surface area contributed by atoms with Gasteiger partial charge in [-0.1, -0.05) is 39.0 Å². The fourth-order valence-corrected chi connectivity index (χ4v) is 4.12. The molecule has 0 N–H and O–H groups in total. The minimum Gasteiger partial charge on any atom is -0.308 e. The van der Waals surface area contributed by atoms with Crippen molar-refractivity contribution in [3.63, 3.8) is 0 Å². The Morgan fingerprint density at radius 1 is 1.15 bits per heavy atom. The monoisotopic (exact) mass is 352 g/mol. The first-order chi connectivity index (χ1) is 12.3. The van der Waals surface area contributed by atoms with Crippen molar-refractivity contribution in [3.05, 3.63) is 47.3 Å². The Balaban J connectivity index is 1.53. The average Bonchev–Trinajstić information content (AvgIpc) is 3.18. The lowest BCUT2D eigenvalue weighted by Gasteiger charge is -2.33. The zero-order valence-corrected chi connectivity index (χ0v) is 16.2. The van der Waals surface area contributed by atoms with Crippen molar-refractivity contribution < 1.29 is 4.79 Å². The number of rotatable bonds is 2. The van der Waals surface area contributed by atoms with Crippen molar-refractivity contribution in [2.24, 2.45) is 7.05 Å². The minimum absolute atomic E-state index is 0.0124. The van der Waals surface area contributed by atoms with Gasteiger partial charge in [0.05, 0.1) is 17.9 Å². The van der Waals surface area contributed by atoms with E-state index in [0.717, 1.165) is 38.2 Å². The van der Waals surface area contributed by atoms with Gasteiger partial charge in [0.25, 0.3) is 0 Å². The molecule has 0 unspecified atom stereocenters. The number of fused-ring (bicyclic) bond motifs is 1. The van der Waals surface area contributed by atoms with E-state index in [0.29, 0.717) is 0 Å². The van der Waals surface area contributed by atoms with E-state index in [9.17, 15) is 4.79 Å². The van der Waals surface area contributed by atoms with Gasteiger partial charge in [0.2, 0.25) is 5.91 Å². The average molecular weight is 352 g/mol. The van der Waals surface area contributed by atoms with Crippen molar-refractivity contribution in [2.45, 2.75) is 51.6 Å². The maximum Gasteiger partial charge on any atom is 0.244 e. The summed E-state index contributed by atoms with van der Waals surface area (Å²) in [5.74, 6) is 0.216. The van der Waals surface area contributed by atoms with Gasteiger partial charge in [0.15, 0.2) is 0 Å². The molecule has 1 fully saturated rings. The summed E-state index contributed by atoms with van der Waals surface area (Å²) in [6.45, 7) is 9.36. The highest BCUT2D eigenvalue weighted by molar-refractivity contribution is 5.99. The van der Waals surface area contributed by atoms with Crippen molar-refractivity contribution in [1.82, 2.24) is 14.7 Å². The molecule has 0 aliphatic carbocycles. The molecule has 138 valence electrons. The predicted molar refractivity (Wildman–Crippen MR) is 103 cm³/mol. The molecule has 0 bridgehead atoms. The molecule has 2 aromatic rings. The fraction of sp³-hybridized carbons (Fsp3) is 0.524. The number of hydrogen-bond donors (Lipinski definition) is 0. The quantitative estimate of drug-likeness (QED) is 0.834. The van der Waals surface area contributed by atoms with Gasteiger partial charge in [-0.15, -0.1) is 0 Å². The van der Waals surface area contributed by atoms with Gasteiger partial charge in [-0.05, 0) is 34.9 Å². The maximum absolute atomic E-state index is 13.0. The molecule has 0 saturated carbocycles. The molecule has 1 amide bonds. The van der Waals surface area contributed by atoms with Crippen molar-refractivity contribution >= 4 is 11.6 Å². The first kappa shape index (κ1) is 17.3. The van der Waals surface area contributed by atoms with Crippen LogP contribution in [0.3, 0.4) is 0 Å². The Morgan fingerprint density at radius 2 is 1.96 bits per heavy atom. The van der Waals surface area contributed by atoms with Crippen LogP contribution in [0.15, 0.2) is 30.6 Å². The van der Waals surface area contributed by atoms with Crippen LogP contribution in [0.5, 0.6) is 0 Å². The number of carbonyl (C=O) groups excluding carboxylic acids is 1. The number of aryl methyl sites for hydroxylation is 1. The number of nitrogens with zero attached hydrogens (tertiary/aromatic N) is 4. The van der Waals surface area contributed by atoms with E-state index in [4.69, 9.17) is 0 Å². The highest BCUT2D eigenvalue weighted by Gasteiger charge is 2.38. The zero-order valence-electron chi connectivity index (χ0n) is 16.2. The van der Waals surface area contributed by atoms with Gasteiger partial charge < -0.3 is 4.90 Å². The second kappa shape index (κ2) is 6.23. The minimum atomic E-state index is -0.0124. The summed E-state index contributed by atoms with van der Waals surface area (Å²) < 4.78 is 1.75. The third-order valence-corrected chi connectivity index (χ3v) is 5.74. The third kappa shape index (κ3) is 3.05. The number of anilines is 1. The van der Waals surface area contributed by atoms with Crippen LogP contribution in [0.2, 0.25) is 0 Å². The van der Waals surface area contributed by atoms with Crippen LogP contribution in [-0.2, 0) is 30.2 Å². The molecule has 1 aromatic carbocycles. The fourth-order valence-electron chi connectivity index (χ4n) is 4.12. The van der Waals surface area contributed by atoms with Crippen molar-refractivity contribution in [2.75, 3.05) is 18.0 Å². The van der Waals surface area contributed by atoms with Crippen molar-refractivity contribution in [1.29, 1.82) is 0 Å². The van der Waals surface area contributed by atoms with Gasteiger partial charge in [-0.25, -0.2) is 0 Å². The van der Waals surface area contributed by atoms with Crippen LogP contribution in [0.4, 0.5) is 5.69 Å². The molecule has 3 heterocycles. The third-order valence-electron chi connectivity index (χ3n) is 5.74. The number of carbonyl (C=O) groups is 1. The van der Waals surface area contributed by atoms with E-state index < -0.39 is 0 Å². The Labute approximate surface area is 155 Å². The maximum atomic E-state index is 13.0. The number of aromatic nitrogens is 2. The standard InChI is InChI=1S/C21H28N4O/c1-21(2,3)17-6-5-15-7-9-24(13-16(15)11-17)19-8-10-25(20(19)26)18-12-22-23(4)14-18/h5-6,11-12,14,19H,7-10,13H2,1-4H3/t19-/m0/s1. The highest BCUT2D eigenvalue weighted by atomic mass is 16.2. The largest absolute Gasteiger partial charge is 0.308 e. The molecule has 1 aromatic heterocycles. The van der Waals surface area contributed by atoms with E-state index in [1.807, 2.05) is 18.1 Å². The normalized spacial score (nSPS) is 21.3. The molecule has 2 aliphatic heterocycles. The van der Waals surface area contributed by atoms with Gasteiger partial charge in [-0.2, -0.15) is 5.10 Å². The SMILES string of the molecule is Cn1cc(N2CC[C@H](N3CCc4ccc(C(C)(C)C)cc4C3)C2=O)cn1. The van der Waals surface area contributed by atoms with E-state index >= 15 is 0 Å². The lowest BCUT2D eigenvalue weighted by atomic mass is 9.84. The van der Waals surface area contributed by atoms with Crippen LogP contribution in [0.25, 0.3) is 0 Å². The van der Waals surface area contributed by atoms with Crippen LogP contribution >= 0.6 is 0 Å². The van der Waals surface area contributed by atoms with E-state index in [1.165, 1.54) is 16.7 Å². The number of benzene rings is 1. The van der Waals surface area contributed by atoms with E-state index in [1.54, 1.807) is 10.9 Å². The van der Waals surface area contributed by atoms with E-state index in [-0.39, 0.29) is 17.4 Å².